The van der Waals surface area contributed by atoms with Crippen LogP contribution in [0.4, 0.5) is 0 Å². The number of hydrogen-bond donors (Lipinski definition) is 1. The maximum Gasteiger partial charge on any atom is 0.356 e. The van der Waals surface area contributed by atoms with Gasteiger partial charge >= 0.3 is 5.97 Å². The zero-order valence-corrected chi connectivity index (χ0v) is 16.9. The number of likely N-dealkylation sites (N-methyl/N-ethyl adjacent to an activating group) is 1. The molecule has 154 valence electrons. The third kappa shape index (κ3) is 3.62. The van der Waals surface area contributed by atoms with Crippen molar-refractivity contribution in [1.82, 2.24) is 9.88 Å². The summed E-state index contributed by atoms with van der Waals surface area (Å²) in [7, 11) is 1.65. The van der Waals surface area contributed by atoms with Crippen molar-refractivity contribution >= 4 is 11.9 Å². The summed E-state index contributed by atoms with van der Waals surface area (Å²) in [5.41, 5.74) is 1.45. The molecule has 2 aliphatic heterocycles. The first kappa shape index (κ1) is 19.9. The van der Waals surface area contributed by atoms with E-state index in [-0.39, 0.29) is 24.6 Å². The summed E-state index contributed by atoms with van der Waals surface area (Å²) >= 11 is 0. The molecule has 4 rings (SSSR count). The lowest BCUT2D eigenvalue weighted by Crippen LogP contribution is -2.37. The number of hydrogen-bond acceptors (Lipinski definition) is 6. The fraction of sp³-hybridized carbons (Fsp3) is 0.348. The van der Waals surface area contributed by atoms with Gasteiger partial charge in [-0.05, 0) is 36.8 Å². The van der Waals surface area contributed by atoms with E-state index in [0.29, 0.717) is 35.7 Å². The highest BCUT2D eigenvalue weighted by Gasteiger charge is 2.42. The molecule has 1 fully saturated rings. The fourth-order valence-electron chi connectivity index (χ4n) is 3.62. The summed E-state index contributed by atoms with van der Waals surface area (Å²) < 4.78 is 10.8. The molecule has 1 saturated heterocycles. The predicted octanol–water partition coefficient (Wildman–Crippen LogP) is 1.80. The summed E-state index contributed by atoms with van der Waals surface area (Å²) in [6.45, 7) is 3.03. The molecular weight excluding hydrogens is 384 g/mol. The number of fused-ring (bicyclic) bond motifs is 1. The second-order valence-electron chi connectivity index (χ2n) is 7.33. The first-order valence-corrected chi connectivity index (χ1v) is 9.86. The highest BCUT2D eigenvalue weighted by Crippen LogP contribution is 2.37. The van der Waals surface area contributed by atoms with Gasteiger partial charge in [-0.2, -0.15) is 0 Å². The van der Waals surface area contributed by atoms with E-state index in [1.54, 1.807) is 38.2 Å². The number of carbonyl (C=O) groups excluding carboxylic acids is 2. The van der Waals surface area contributed by atoms with Crippen molar-refractivity contribution < 1.29 is 24.2 Å². The minimum absolute atomic E-state index is 0.214. The Hall–Kier alpha value is -3.37. The summed E-state index contributed by atoms with van der Waals surface area (Å²) in [5, 5.41) is 10.6. The Morgan fingerprint density at radius 2 is 2.23 bits per heavy atom. The van der Waals surface area contributed by atoms with E-state index in [4.69, 9.17) is 9.47 Å². The van der Waals surface area contributed by atoms with Crippen LogP contribution < -0.4 is 4.74 Å². The molecule has 0 aliphatic carbocycles. The van der Waals surface area contributed by atoms with Crippen molar-refractivity contribution in [2.24, 2.45) is 0 Å². The molecule has 7 heteroatoms. The van der Waals surface area contributed by atoms with E-state index >= 15 is 0 Å². The molecule has 0 radical (unpaired) electrons. The highest BCUT2D eigenvalue weighted by atomic mass is 16.5. The molecule has 1 atom stereocenters. The molecule has 1 unspecified atom stereocenters. The second kappa shape index (κ2) is 7.81. The van der Waals surface area contributed by atoms with Gasteiger partial charge in [-0.1, -0.05) is 17.9 Å². The van der Waals surface area contributed by atoms with Crippen LogP contribution in [-0.4, -0.2) is 59.3 Å². The van der Waals surface area contributed by atoms with Gasteiger partial charge in [-0.3, -0.25) is 4.79 Å². The number of ether oxygens (including phenoxy) is 2. The molecule has 3 heterocycles. The Kier molecular flexibility index (Phi) is 5.18. The van der Waals surface area contributed by atoms with Crippen LogP contribution in [0.15, 0.2) is 30.3 Å². The molecular formula is C23H22N2O5. The average molecular weight is 406 g/mol. The standard InChI is InChI=1S/C23H22N2O5/c1-3-29-21(26)19-6-4-5-18(24-19)17-14-15(13-16-8-12-30-20(16)17)7-9-23(28)10-11-25(2)22(23)27/h4-6,13-14,28H,3,8,10-12H2,1-2H3. The number of nitrogens with zero attached hydrogens (tertiary/aromatic N) is 2. The number of carbonyl (C=O) groups is 2. The molecule has 2 aliphatic rings. The van der Waals surface area contributed by atoms with Gasteiger partial charge in [0.15, 0.2) is 0 Å². The van der Waals surface area contributed by atoms with Crippen molar-refractivity contribution in [2.75, 3.05) is 26.8 Å². The number of benzene rings is 1. The van der Waals surface area contributed by atoms with E-state index < -0.39 is 11.6 Å². The molecule has 1 aromatic carbocycles. The van der Waals surface area contributed by atoms with Crippen molar-refractivity contribution in [3.8, 4) is 28.8 Å². The third-order valence-corrected chi connectivity index (χ3v) is 5.22. The summed E-state index contributed by atoms with van der Waals surface area (Å²) in [4.78, 5) is 30.2. The molecule has 0 saturated carbocycles. The normalized spacial score (nSPS) is 19.7. The largest absolute Gasteiger partial charge is 0.492 e. The molecule has 7 nitrogen and oxygen atoms in total. The minimum atomic E-state index is -1.66. The lowest BCUT2D eigenvalue weighted by Gasteiger charge is -2.13. The van der Waals surface area contributed by atoms with Crippen molar-refractivity contribution in [2.45, 2.75) is 25.4 Å². The topological polar surface area (TPSA) is 89.0 Å². The lowest BCUT2D eigenvalue weighted by molar-refractivity contribution is -0.137. The van der Waals surface area contributed by atoms with E-state index in [0.717, 1.165) is 12.0 Å². The van der Waals surface area contributed by atoms with Crippen LogP contribution in [0.3, 0.4) is 0 Å². The quantitative estimate of drug-likeness (QED) is 0.618. The Balaban J connectivity index is 1.74. The predicted molar refractivity (Wildman–Crippen MR) is 109 cm³/mol. The van der Waals surface area contributed by atoms with Gasteiger partial charge in [0, 0.05) is 37.6 Å². The molecule has 0 spiro atoms. The summed E-state index contributed by atoms with van der Waals surface area (Å²) in [6, 6.07) is 8.84. The van der Waals surface area contributed by atoms with Crippen molar-refractivity contribution in [1.29, 1.82) is 0 Å². The zero-order chi connectivity index (χ0) is 21.3. The SMILES string of the molecule is CCOC(=O)c1cccc(-c2cc(C#CC3(O)CCN(C)C3=O)cc3c2OCC3)n1. The Morgan fingerprint density at radius 3 is 2.97 bits per heavy atom. The van der Waals surface area contributed by atoms with Crippen LogP contribution in [0.25, 0.3) is 11.3 Å². The molecule has 0 bridgehead atoms. The molecule has 1 amide bonds. The second-order valence-corrected chi connectivity index (χ2v) is 7.33. The highest BCUT2D eigenvalue weighted by molar-refractivity contribution is 5.90. The fourth-order valence-corrected chi connectivity index (χ4v) is 3.62. The van der Waals surface area contributed by atoms with E-state index in [9.17, 15) is 14.7 Å². The maximum absolute atomic E-state index is 12.2. The van der Waals surface area contributed by atoms with Crippen LogP contribution in [0.5, 0.6) is 5.75 Å². The first-order chi connectivity index (χ1) is 14.4. The Labute approximate surface area is 174 Å². The van der Waals surface area contributed by atoms with Crippen LogP contribution in [0.1, 0.15) is 35.0 Å². The van der Waals surface area contributed by atoms with Crippen LogP contribution >= 0.6 is 0 Å². The zero-order valence-electron chi connectivity index (χ0n) is 16.9. The monoisotopic (exact) mass is 406 g/mol. The molecule has 1 aromatic heterocycles. The molecule has 2 aromatic rings. The first-order valence-electron chi connectivity index (χ1n) is 9.86. The van der Waals surface area contributed by atoms with Gasteiger partial charge in [-0.25, -0.2) is 9.78 Å². The van der Waals surface area contributed by atoms with Crippen molar-refractivity contribution in [3.05, 3.63) is 47.2 Å². The average Bonchev–Trinajstić information content (AvgIpc) is 3.33. The van der Waals surface area contributed by atoms with Gasteiger partial charge in [0.05, 0.1) is 18.9 Å². The van der Waals surface area contributed by atoms with E-state index in [1.165, 1.54) is 4.90 Å². The Bertz CT molecular complexity index is 1080. The molecule has 30 heavy (non-hydrogen) atoms. The smallest absolute Gasteiger partial charge is 0.356 e. The van der Waals surface area contributed by atoms with Crippen LogP contribution in [0.2, 0.25) is 0 Å². The number of rotatable bonds is 3. The van der Waals surface area contributed by atoms with E-state index in [1.807, 2.05) is 6.07 Å². The van der Waals surface area contributed by atoms with Gasteiger partial charge in [-0.15, -0.1) is 0 Å². The van der Waals surface area contributed by atoms with Crippen LogP contribution in [0, 0.1) is 11.8 Å². The van der Waals surface area contributed by atoms with E-state index in [2.05, 4.69) is 16.8 Å². The third-order valence-electron chi connectivity index (χ3n) is 5.22. The van der Waals surface area contributed by atoms with Crippen molar-refractivity contribution in [3.63, 3.8) is 0 Å². The number of aromatic nitrogens is 1. The summed E-state index contributed by atoms with van der Waals surface area (Å²) in [6.07, 6.45) is 1.00. The number of pyridine rings is 1. The minimum Gasteiger partial charge on any atom is -0.492 e. The van der Waals surface area contributed by atoms with Gasteiger partial charge in [0.1, 0.15) is 11.4 Å². The number of likely N-dealkylation sites (tertiary alicyclic amines) is 1. The lowest BCUT2D eigenvalue weighted by atomic mass is 9.99. The molecule has 1 N–H and O–H groups in total. The number of aliphatic hydroxyl groups is 1. The van der Waals surface area contributed by atoms with Gasteiger partial charge in [0.25, 0.3) is 5.91 Å². The Morgan fingerprint density at radius 1 is 1.40 bits per heavy atom. The maximum atomic E-state index is 12.2. The van der Waals surface area contributed by atoms with Gasteiger partial charge in [0.2, 0.25) is 5.60 Å². The number of amides is 1. The number of esters is 1. The summed E-state index contributed by atoms with van der Waals surface area (Å²) in [5.74, 6) is 5.54. The van der Waals surface area contributed by atoms with Gasteiger partial charge < -0.3 is 19.5 Å². The van der Waals surface area contributed by atoms with Crippen LogP contribution in [-0.2, 0) is 16.0 Å².